The molecule has 0 fully saturated rings. The molecule has 0 bridgehead atoms. The van der Waals surface area contributed by atoms with Crippen molar-refractivity contribution in [2.75, 3.05) is 6.61 Å². The predicted octanol–water partition coefficient (Wildman–Crippen LogP) is 3.30. The molecule has 2 N–H and O–H groups in total. The second kappa shape index (κ2) is 6.71. The van der Waals surface area contributed by atoms with E-state index in [-0.39, 0.29) is 24.3 Å². The van der Waals surface area contributed by atoms with Crippen molar-refractivity contribution in [3.8, 4) is 5.75 Å². The number of hydrogen-bond donors (Lipinski definition) is 1. The largest absolute Gasteiger partial charge is 0.490 e. The van der Waals surface area contributed by atoms with Crippen molar-refractivity contribution < 1.29 is 9.13 Å². The fraction of sp³-hybridized carbons (Fsp3) is 0.500. The fourth-order valence-corrected chi connectivity index (χ4v) is 1.17. The molecular weight excluding hydrogens is 229 g/mol. The highest BCUT2D eigenvalue weighted by Gasteiger charge is 2.07. The lowest BCUT2D eigenvalue weighted by atomic mass is 10.1. The third kappa shape index (κ3) is 4.37. The standard InChI is InChI=1S/C12H18FNO.ClH/c1-8(2)7-15-12-6-10(9(3)14)4-5-11(12)13;/h4-6,8-9H,7,14H2,1-3H3;1H/t9-;/m1./s1. The summed E-state index contributed by atoms with van der Waals surface area (Å²) >= 11 is 0. The van der Waals surface area contributed by atoms with Crippen molar-refractivity contribution in [1.29, 1.82) is 0 Å². The first-order valence-electron chi connectivity index (χ1n) is 5.18. The van der Waals surface area contributed by atoms with Crippen molar-refractivity contribution in [3.63, 3.8) is 0 Å². The summed E-state index contributed by atoms with van der Waals surface area (Å²) in [5.41, 5.74) is 6.60. The van der Waals surface area contributed by atoms with E-state index in [2.05, 4.69) is 0 Å². The maximum atomic E-state index is 13.3. The Morgan fingerprint density at radius 3 is 2.44 bits per heavy atom. The third-order valence-electron chi connectivity index (χ3n) is 2.05. The van der Waals surface area contributed by atoms with Gasteiger partial charge in [-0.3, -0.25) is 0 Å². The average molecular weight is 248 g/mol. The lowest BCUT2D eigenvalue weighted by Crippen LogP contribution is -2.08. The van der Waals surface area contributed by atoms with Gasteiger partial charge in [0.25, 0.3) is 0 Å². The van der Waals surface area contributed by atoms with Gasteiger partial charge < -0.3 is 10.5 Å². The molecule has 0 saturated carbocycles. The number of hydrogen-bond acceptors (Lipinski definition) is 2. The summed E-state index contributed by atoms with van der Waals surface area (Å²) < 4.78 is 18.7. The second-order valence-corrected chi connectivity index (χ2v) is 4.18. The van der Waals surface area contributed by atoms with Gasteiger partial charge >= 0.3 is 0 Å². The van der Waals surface area contributed by atoms with Gasteiger partial charge in [0.05, 0.1) is 6.61 Å². The smallest absolute Gasteiger partial charge is 0.165 e. The molecular formula is C12H19ClFNO. The highest BCUT2D eigenvalue weighted by molar-refractivity contribution is 5.85. The van der Waals surface area contributed by atoms with Crippen molar-refractivity contribution in [3.05, 3.63) is 29.6 Å². The number of rotatable bonds is 4. The lowest BCUT2D eigenvalue weighted by Gasteiger charge is -2.12. The van der Waals surface area contributed by atoms with Crippen LogP contribution in [0.1, 0.15) is 32.4 Å². The Balaban J connectivity index is 0.00000225. The van der Waals surface area contributed by atoms with Crippen LogP contribution in [0.5, 0.6) is 5.75 Å². The minimum absolute atomic E-state index is 0. The molecule has 0 aliphatic carbocycles. The van der Waals surface area contributed by atoms with Gasteiger partial charge in [-0.1, -0.05) is 19.9 Å². The van der Waals surface area contributed by atoms with Crippen LogP contribution in [0.4, 0.5) is 4.39 Å². The molecule has 0 heterocycles. The summed E-state index contributed by atoms with van der Waals surface area (Å²) in [5.74, 6) is 0.335. The maximum Gasteiger partial charge on any atom is 0.165 e. The molecule has 1 aromatic carbocycles. The van der Waals surface area contributed by atoms with Gasteiger partial charge in [-0.15, -0.1) is 12.4 Å². The van der Waals surface area contributed by atoms with Crippen LogP contribution in [0.3, 0.4) is 0 Å². The molecule has 0 unspecified atom stereocenters. The summed E-state index contributed by atoms with van der Waals surface area (Å²) in [5, 5.41) is 0. The van der Waals surface area contributed by atoms with E-state index in [4.69, 9.17) is 10.5 Å². The van der Waals surface area contributed by atoms with Crippen LogP contribution in [0.15, 0.2) is 18.2 Å². The molecule has 4 heteroatoms. The van der Waals surface area contributed by atoms with E-state index in [1.165, 1.54) is 6.07 Å². The van der Waals surface area contributed by atoms with Gasteiger partial charge in [-0.05, 0) is 30.5 Å². The SMILES string of the molecule is CC(C)COc1cc([C@@H](C)N)ccc1F.Cl. The fourth-order valence-electron chi connectivity index (χ4n) is 1.17. The average Bonchev–Trinajstić information content (AvgIpc) is 2.16. The molecule has 0 spiro atoms. The maximum absolute atomic E-state index is 13.3. The van der Waals surface area contributed by atoms with Gasteiger partial charge in [-0.25, -0.2) is 4.39 Å². The Morgan fingerprint density at radius 2 is 1.94 bits per heavy atom. The Labute approximate surface area is 102 Å². The van der Waals surface area contributed by atoms with Crippen LogP contribution < -0.4 is 10.5 Å². The quantitative estimate of drug-likeness (QED) is 0.886. The van der Waals surface area contributed by atoms with Crippen LogP contribution in [0, 0.1) is 11.7 Å². The zero-order valence-electron chi connectivity index (χ0n) is 9.87. The van der Waals surface area contributed by atoms with E-state index in [1.54, 1.807) is 12.1 Å². The molecule has 1 atom stereocenters. The highest BCUT2D eigenvalue weighted by atomic mass is 35.5. The van der Waals surface area contributed by atoms with E-state index in [1.807, 2.05) is 20.8 Å². The van der Waals surface area contributed by atoms with Crippen LogP contribution in [-0.4, -0.2) is 6.61 Å². The molecule has 2 nitrogen and oxygen atoms in total. The van der Waals surface area contributed by atoms with Gasteiger partial charge in [0, 0.05) is 6.04 Å². The zero-order valence-corrected chi connectivity index (χ0v) is 10.7. The van der Waals surface area contributed by atoms with Gasteiger partial charge in [0.2, 0.25) is 0 Å². The van der Waals surface area contributed by atoms with Crippen molar-refractivity contribution in [2.24, 2.45) is 11.7 Å². The van der Waals surface area contributed by atoms with Gasteiger partial charge in [0.15, 0.2) is 11.6 Å². The molecule has 1 aromatic rings. The topological polar surface area (TPSA) is 35.2 Å². The van der Waals surface area contributed by atoms with E-state index in [9.17, 15) is 4.39 Å². The Morgan fingerprint density at radius 1 is 1.31 bits per heavy atom. The monoisotopic (exact) mass is 247 g/mol. The van der Waals surface area contributed by atoms with Crippen LogP contribution in [0.25, 0.3) is 0 Å². The first-order chi connectivity index (χ1) is 7.00. The molecule has 92 valence electrons. The zero-order chi connectivity index (χ0) is 11.4. The Hall–Kier alpha value is -0.800. The summed E-state index contributed by atoms with van der Waals surface area (Å²) in [6.07, 6.45) is 0. The lowest BCUT2D eigenvalue weighted by molar-refractivity contribution is 0.259. The normalized spacial score (nSPS) is 12.1. The number of benzene rings is 1. The van der Waals surface area contributed by atoms with Gasteiger partial charge in [-0.2, -0.15) is 0 Å². The summed E-state index contributed by atoms with van der Waals surface area (Å²) in [4.78, 5) is 0. The second-order valence-electron chi connectivity index (χ2n) is 4.18. The molecule has 0 aliphatic heterocycles. The Kier molecular flexibility index (Phi) is 6.38. The first kappa shape index (κ1) is 15.2. The molecule has 16 heavy (non-hydrogen) atoms. The summed E-state index contributed by atoms with van der Waals surface area (Å²) in [6, 6.07) is 4.64. The third-order valence-corrected chi connectivity index (χ3v) is 2.05. The van der Waals surface area contributed by atoms with Crippen molar-refractivity contribution in [1.82, 2.24) is 0 Å². The molecule has 0 aromatic heterocycles. The van der Waals surface area contributed by atoms with E-state index >= 15 is 0 Å². The summed E-state index contributed by atoms with van der Waals surface area (Å²) in [6.45, 7) is 6.42. The molecule has 0 amide bonds. The minimum atomic E-state index is -0.333. The molecule has 0 radical (unpaired) electrons. The number of ether oxygens (including phenoxy) is 1. The Bertz CT molecular complexity index is 329. The first-order valence-corrected chi connectivity index (χ1v) is 5.18. The highest BCUT2D eigenvalue weighted by Crippen LogP contribution is 2.22. The van der Waals surface area contributed by atoms with E-state index in [0.29, 0.717) is 18.3 Å². The van der Waals surface area contributed by atoms with Crippen LogP contribution in [0.2, 0.25) is 0 Å². The molecule has 0 saturated heterocycles. The molecule has 0 aliphatic rings. The van der Waals surface area contributed by atoms with Crippen molar-refractivity contribution >= 4 is 12.4 Å². The number of halogens is 2. The van der Waals surface area contributed by atoms with Crippen molar-refractivity contribution in [2.45, 2.75) is 26.8 Å². The number of nitrogens with two attached hydrogens (primary N) is 1. The molecule has 1 rings (SSSR count). The minimum Gasteiger partial charge on any atom is -0.490 e. The predicted molar refractivity (Wildman–Crippen MR) is 66.6 cm³/mol. The van der Waals surface area contributed by atoms with E-state index in [0.717, 1.165) is 5.56 Å². The summed E-state index contributed by atoms with van der Waals surface area (Å²) in [7, 11) is 0. The van der Waals surface area contributed by atoms with Gasteiger partial charge in [0.1, 0.15) is 0 Å². The van der Waals surface area contributed by atoms with Crippen LogP contribution in [-0.2, 0) is 0 Å². The van der Waals surface area contributed by atoms with E-state index < -0.39 is 0 Å². The van der Waals surface area contributed by atoms with Crippen LogP contribution >= 0.6 is 12.4 Å².